The molecular formula is C16H25FN2O. The Morgan fingerprint density at radius 3 is 2.60 bits per heavy atom. The normalized spacial score (nSPS) is 23.1. The first-order valence-corrected chi connectivity index (χ1v) is 7.49. The molecule has 1 aliphatic heterocycles. The van der Waals surface area contributed by atoms with Crippen molar-refractivity contribution in [1.82, 2.24) is 5.32 Å². The van der Waals surface area contributed by atoms with E-state index in [-0.39, 0.29) is 18.0 Å². The van der Waals surface area contributed by atoms with Crippen molar-refractivity contribution >= 4 is 5.69 Å². The Hall–Kier alpha value is -1.13. The van der Waals surface area contributed by atoms with Gasteiger partial charge in [-0.3, -0.25) is 0 Å². The SMILES string of the molecule is CCCNCc1ccc(N2C[C@@H](C)O[C@@H](C)C2)c(F)c1. The molecule has 20 heavy (non-hydrogen) atoms. The van der Waals surface area contributed by atoms with Crippen molar-refractivity contribution in [2.45, 2.75) is 45.9 Å². The first kappa shape index (κ1) is 15.3. The second kappa shape index (κ2) is 7.04. The Bertz CT molecular complexity index is 428. The predicted molar refractivity (Wildman–Crippen MR) is 80.6 cm³/mol. The van der Waals surface area contributed by atoms with E-state index in [1.807, 2.05) is 26.0 Å². The first-order chi connectivity index (χ1) is 9.60. The van der Waals surface area contributed by atoms with Crippen molar-refractivity contribution in [3.8, 4) is 0 Å². The van der Waals surface area contributed by atoms with E-state index in [2.05, 4.69) is 17.1 Å². The zero-order valence-corrected chi connectivity index (χ0v) is 12.7. The molecule has 0 saturated carbocycles. The summed E-state index contributed by atoms with van der Waals surface area (Å²) in [6.07, 6.45) is 1.37. The molecule has 1 N–H and O–H groups in total. The summed E-state index contributed by atoms with van der Waals surface area (Å²) in [7, 11) is 0. The highest BCUT2D eigenvalue weighted by Crippen LogP contribution is 2.24. The van der Waals surface area contributed by atoms with Crippen LogP contribution in [0.2, 0.25) is 0 Å². The zero-order valence-electron chi connectivity index (χ0n) is 12.7. The number of morpholine rings is 1. The van der Waals surface area contributed by atoms with Crippen LogP contribution in [0.15, 0.2) is 18.2 Å². The highest BCUT2D eigenvalue weighted by atomic mass is 19.1. The Morgan fingerprint density at radius 2 is 2.00 bits per heavy atom. The maximum atomic E-state index is 14.3. The van der Waals surface area contributed by atoms with Crippen LogP contribution in [0.1, 0.15) is 32.8 Å². The van der Waals surface area contributed by atoms with Gasteiger partial charge in [0.1, 0.15) is 5.82 Å². The van der Waals surface area contributed by atoms with Gasteiger partial charge in [-0.25, -0.2) is 4.39 Å². The minimum absolute atomic E-state index is 0.137. The quantitative estimate of drug-likeness (QED) is 0.839. The second-order valence-corrected chi connectivity index (χ2v) is 5.62. The van der Waals surface area contributed by atoms with E-state index in [1.165, 1.54) is 0 Å². The number of anilines is 1. The highest BCUT2D eigenvalue weighted by Gasteiger charge is 2.24. The molecule has 2 rings (SSSR count). The lowest BCUT2D eigenvalue weighted by molar-refractivity contribution is -0.00539. The molecular weight excluding hydrogens is 255 g/mol. The number of nitrogens with one attached hydrogen (secondary N) is 1. The first-order valence-electron chi connectivity index (χ1n) is 7.49. The van der Waals surface area contributed by atoms with E-state index >= 15 is 0 Å². The topological polar surface area (TPSA) is 24.5 Å². The van der Waals surface area contributed by atoms with Gasteiger partial charge < -0.3 is 15.0 Å². The van der Waals surface area contributed by atoms with Crippen molar-refractivity contribution in [2.24, 2.45) is 0 Å². The lowest BCUT2D eigenvalue weighted by Gasteiger charge is -2.37. The van der Waals surface area contributed by atoms with Crippen molar-refractivity contribution < 1.29 is 9.13 Å². The molecule has 1 fully saturated rings. The maximum Gasteiger partial charge on any atom is 0.146 e. The summed E-state index contributed by atoms with van der Waals surface area (Å²) in [5.74, 6) is -0.137. The Balaban J connectivity index is 2.05. The van der Waals surface area contributed by atoms with Crippen LogP contribution in [0.3, 0.4) is 0 Å². The Labute approximate surface area is 121 Å². The summed E-state index contributed by atoms with van der Waals surface area (Å²) >= 11 is 0. The molecule has 1 aromatic carbocycles. The molecule has 1 aromatic rings. The molecule has 2 atom stereocenters. The van der Waals surface area contributed by atoms with Gasteiger partial charge in [-0.1, -0.05) is 13.0 Å². The van der Waals surface area contributed by atoms with Crippen LogP contribution in [0, 0.1) is 5.82 Å². The van der Waals surface area contributed by atoms with Gasteiger partial charge >= 0.3 is 0 Å². The second-order valence-electron chi connectivity index (χ2n) is 5.62. The smallest absolute Gasteiger partial charge is 0.146 e. The van der Waals surface area contributed by atoms with E-state index < -0.39 is 0 Å². The van der Waals surface area contributed by atoms with E-state index in [1.54, 1.807) is 6.07 Å². The van der Waals surface area contributed by atoms with Gasteiger partial charge in [-0.05, 0) is 44.5 Å². The highest BCUT2D eigenvalue weighted by molar-refractivity contribution is 5.49. The number of halogens is 1. The van der Waals surface area contributed by atoms with Crippen LogP contribution in [0.5, 0.6) is 0 Å². The number of benzene rings is 1. The maximum absolute atomic E-state index is 14.3. The van der Waals surface area contributed by atoms with Crippen LogP contribution >= 0.6 is 0 Å². The summed E-state index contributed by atoms with van der Waals surface area (Å²) in [6.45, 7) is 9.36. The van der Waals surface area contributed by atoms with Crippen LogP contribution in [-0.2, 0) is 11.3 Å². The molecule has 0 aromatic heterocycles. The largest absolute Gasteiger partial charge is 0.372 e. The molecule has 1 saturated heterocycles. The minimum atomic E-state index is -0.137. The molecule has 1 aliphatic rings. The third-order valence-electron chi connectivity index (χ3n) is 3.53. The number of nitrogens with zero attached hydrogens (tertiary/aromatic N) is 1. The fourth-order valence-electron chi connectivity index (χ4n) is 2.70. The zero-order chi connectivity index (χ0) is 14.5. The summed E-state index contributed by atoms with van der Waals surface area (Å²) in [5.41, 5.74) is 1.68. The summed E-state index contributed by atoms with van der Waals surface area (Å²) in [5, 5.41) is 3.29. The average molecular weight is 280 g/mol. The summed E-state index contributed by atoms with van der Waals surface area (Å²) in [4.78, 5) is 2.08. The summed E-state index contributed by atoms with van der Waals surface area (Å²) < 4.78 is 20.0. The van der Waals surface area contributed by atoms with E-state index in [0.717, 1.165) is 38.2 Å². The molecule has 0 radical (unpaired) electrons. The molecule has 0 unspecified atom stereocenters. The Morgan fingerprint density at radius 1 is 1.30 bits per heavy atom. The minimum Gasteiger partial charge on any atom is -0.372 e. The van der Waals surface area contributed by atoms with Gasteiger partial charge in [-0.2, -0.15) is 0 Å². The van der Waals surface area contributed by atoms with Crippen LogP contribution < -0.4 is 10.2 Å². The molecule has 112 valence electrons. The van der Waals surface area contributed by atoms with E-state index in [4.69, 9.17) is 4.74 Å². The van der Waals surface area contributed by atoms with Crippen molar-refractivity contribution in [1.29, 1.82) is 0 Å². The van der Waals surface area contributed by atoms with Crippen molar-refractivity contribution in [2.75, 3.05) is 24.5 Å². The molecule has 4 heteroatoms. The van der Waals surface area contributed by atoms with E-state index in [9.17, 15) is 4.39 Å². The van der Waals surface area contributed by atoms with Crippen LogP contribution in [0.25, 0.3) is 0 Å². The number of hydrogen-bond acceptors (Lipinski definition) is 3. The average Bonchev–Trinajstić information content (AvgIpc) is 2.38. The van der Waals surface area contributed by atoms with Gasteiger partial charge in [0, 0.05) is 19.6 Å². The molecule has 0 amide bonds. The van der Waals surface area contributed by atoms with Gasteiger partial charge in [0.15, 0.2) is 0 Å². The fraction of sp³-hybridized carbons (Fsp3) is 0.625. The van der Waals surface area contributed by atoms with Crippen LogP contribution in [0.4, 0.5) is 10.1 Å². The molecule has 1 heterocycles. The molecule has 0 aliphatic carbocycles. The third-order valence-corrected chi connectivity index (χ3v) is 3.53. The fourth-order valence-corrected chi connectivity index (χ4v) is 2.70. The van der Waals surface area contributed by atoms with Gasteiger partial charge in [0.2, 0.25) is 0 Å². The molecule has 3 nitrogen and oxygen atoms in total. The standard InChI is InChI=1S/C16H25FN2O/c1-4-7-18-9-14-5-6-16(15(17)8-14)19-10-12(2)20-13(3)11-19/h5-6,8,12-13,18H,4,7,9-11H2,1-3H3/t12-,13+. The van der Waals surface area contributed by atoms with Gasteiger partial charge in [0.05, 0.1) is 17.9 Å². The third kappa shape index (κ3) is 3.93. The van der Waals surface area contributed by atoms with Crippen molar-refractivity contribution in [3.63, 3.8) is 0 Å². The van der Waals surface area contributed by atoms with Crippen LogP contribution in [-0.4, -0.2) is 31.8 Å². The molecule has 0 bridgehead atoms. The predicted octanol–water partition coefficient (Wildman–Crippen LogP) is 2.94. The number of rotatable bonds is 5. The number of ether oxygens (including phenoxy) is 1. The lowest BCUT2D eigenvalue weighted by Crippen LogP contribution is -2.45. The molecule has 0 spiro atoms. The van der Waals surface area contributed by atoms with E-state index in [0.29, 0.717) is 5.69 Å². The van der Waals surface area contributed by atoms with Gasteiger partial charge in [0.25, 0.3) is 0 Å². The number of hydrogen-bond donors (Lipinski definition) is 1. The Kier molecular flexibility index (Phi) is 5.38. The summed E-state index contributed by atoms with van der Waals surface area (Å²) in [6, 6.07) is 5.54. The van der Waals surface area contributed by atoms with Gasteiger partial charge in [-0.15, -0.1) is 0 Å². The van der Waals surface area contributed by atoms with Crippen molar-refractivity contribution in [3.05, 3.63) is 29.6 Å². The lowest BCUT2D eigenvalue weighted by atomic mass is 10.1. The monoisotopic (exact) mass is 280 g/mol.